The minimum Gasteiger partial charge on any atom is -0.454 e. The highest BCUT2D eigenvalue weighted by Crippen LogP contribution is 2.37. The van der Waals surface area contributed by atoms with E-state index in [-0.39, 0.29) is 6.79 Å². The number of benzene rings is 3. The van der Waals surface area contributed by atoms with E-state index in [2.05, 4.69) is 41.8 Å². The van der Waals surface area contributed by atoms with E-state index in [1.807, 2.05) is 55.5 Å². The highest BCUT2D eigenvalue weighted by atomic mass is 79.9. The Kier molecular flexibility index (Phi) is 4.64. The second-order valence-corrected chi connectivity index (χ2v) is 8.35. The van der Waals surface area contributed by atoms with Crippen LogP contribution in [-0.2, 0) is 0 Å². The summed E-state index contributed by atoms with van der Waals surface area (Å²) in [6.07, 6.45) is 1.78. The number of aromatic nitrogens is 1. The Bertz CT molecular complexity index is 1280. The lowest BCUT2D eigenvalue weighted by molar-refractivity contribution is 0.174. The smallest absolute Gasteiger partial charge is 0.231 e. The van der Waals surface area contributed by atoms with E-state index in [1.54, 1.807) is 6.21 Å². The van der Waals surface area contributed by atoms with Gasteiger partial charge in [-0.05, 0) is 86.8 Å². The summed E-state index contributed by atoms with van der Waals surface area (Å²) in [7, 11) is 0. The molecule has 29 heavy (non-hydrogen) atoms. The molecule has 1 aromatic heterocycles. The molecule has 0 atom stereocenters. The van der Waals surface area contributed by atoms with Crippen LogP contribution in [0.4, 0.5) is 5.69 Å². The first-order valence-corrected chi connectivity index (χ1v) is 10.5. The van der Waals surface area contributed by atoms with Gasteiger partial charge in [0.25, 0.3) is 0 Å². The van der Waals surface area contributed by atoms with E-state index in [1.165, 1.54) is 0 Å². The molecule has 0 fully saturated rings. The third-order valence-electron chi connectivity index (χ3n) is 4.57. The zero-order valence-corrected chi connectivity index (χ0v) is 18.5. The molecule has 0 bridgehead atoms. The average Bonchev–Trinajstić information content (AvgIpc) is 3.33. The number of hydrogen-bond acceptors (Lipinski definition) is 5. The van der Waals surface area contributed by atoms with Crippen molar-refractivity contribution in [3.05, 3.63) is 68.6 Å². The van der Waals surface area contributed by atoms with Gasteiger partial charge in [-0.1, -0.05) is 6.07 Å². The number of nitrogens with zero attached hydrogens (tertiary/aromatic N) is 2. The van der Waals surface area contributed by atoms with Gasteiger partial charge < -0.3 is 13.9 Å². The Balaban J connectivity index is 1.50. The minimum atomic E-state index is 0.236. The summed E-state index contributed by atoms with van der Waals surface area (Å²) in [6.45, 7) is 2.27. The summed E-state index contributed by atoms with van der Waals surface area (Å²) in [5.74, 6) is 2.01. The molecule has 0 spiro atoms. The molecule has 1 aliphatic rings. The molecule has 5 rings (SSSR count). The lowest BCUT2D eigenvalue weighted by Crippen LogP contribution is -1.92. The van der Waals surface area contributed by atoms with Gasteiger partial charge in [-0.25, -0.2) is 4.98 Å². The Morgan fingerprint density at radius 2 is 1.79 bits per heavy atom. The molecule has 4 aromatic rings. The molecule has 0 saturated heterocycles. The van der Waals surface area contributed by atoms with Gasteiger partial charge in [0.2, 0.25) is 12.7 Å². The Morgan fingerprint density at radius 1 is 0.966 bits per heavy atom. The van der Waals surface area contributed by atoms with Gasteiger partial charge in [0, 0.05) is 26.3 Å². The summed E-state index contributed by atoms with van der Waals surface area (Å²) in [5, 5.41) is 0. The predicted octanol–water partition coefficient (Wildman–Crippen LogP) is 6.81. The second-order valence-electron chi connectivity index (χ2n) is 6.64. The number of halogens is 2. The SMILES string of the molecule is Cc1ccc2nc(-c3ccc(Br)c(N=Cc4cc5c(cc4Br)OCO5)c3)oc2c1. The molecule has 7 heteroatoms. The van der Waals surface area contributed by atoms with Crippen molar-refractivity contribution in [2.45, 2.75) is 6.92 Å². The van der Waals surface area contributed by atoms with Crippen molar-refractivity contribution in [2.75, 3.05) is 6.79 Å². The van der Waals surface area contributed by atoms with Gasteiger partial charge in [0.05, 0.1) is 5.69 Å². The molecule has 0 amide bonds. The zero-order chi connectivity index (χ0) is 20.0. The standard InChI is InChI=1S/C22H14Br2N2O3/c1-12-2-5-17-19(6-12)29-22(26-17)13-3-4-15(23)18(7-13)25-10-14-8-20-21(9-16(14)24)28-11-27-20/h2-10H,11H2,1H3. The van der Waals surface area contributed by atoms with Crippen molar-refractivity contribution in [1.29, 1.82) is 0 Å². The topological polar surface area (TPSA) is 56.9 Å². The van der Waals surface area contributed by atoms with Crippen LogP contribution in [0, 0.1) is 6.92 Å². The van der Waals surface area contributed by atoms with Gasteiger partial charge in [-0.15, -0.1) is 0 Å². The predicted molar refractivity (Wildman–Crippen MR) is 119 cm³/mol. The van der Waals surface area contributed by atoms with Crippen LogP contribution in [0.25, 0.3) is 22.6 Å². The van der Waals surface area contributed by atoms with Crippen LogP contribution < -0.4 is 9.47 Å². The van der Waals surface area contributed by atoms with Crippen molar-refractivity contribution in [3.8, 4) is 23.0 Å². The van der Waals surface area contributed by atoms with E-state index in [0.717, 1.165) is 48.2 Å². The van der Waals surface area contributed by atoms with Crippen LogP contribution in [0.5, 0.6) is 11.5 Å². The summed E-state index contributed by atoms with van der Waals surface area (Å²) < 4.78 is 18.5. The van der Waals surface area contributed by atoms with Crippen LogP contribution in [0.1, 0.15) is 11.1 Å². The molecule has 144 valence electrons. The molecular weight excluding hydrogens is 500 g/mol. The third kappa shape index (κ3) is 3.56. The molecule has 0 radical (unpaired) electrons. The maximum absolute atomic E-state index is 5.95. The van der Waals surface area contributed by atoms with Crippen LogP contribution >= 0.6 is 31.9 Å². The number of oxazole rings is 1. The molecule has 0 saturated carbocycles. The molecule has 0 N–H and O–H groups in total. The van der Waals surface area contributed by atoms with Gasteiger partial charge in [0.15, 0.2) is 17.1 Å². The highest BCUT2D eigenvalue weighted by Gasteiger charge is 2.16. The van der Waals surface area contributed by atoms with E-state index < -0.39 is 0 Å². The molecule has 0 aliphatic carbocycles. The first-order valence-electron chi connectivity index (χ1n) is 8.87. The maximum atomic E-state index is 5.95. The number of aryl methyl sites for hydroxylation is 1. The minimum absolute atomic E-state index is 0.236. The summed E-state index contributed by atoms with van der Waals surface area (Å²) in [6, 6.07) is 15.6. The average molecular weight is 514 g/mol. The maximum Gasteiger partial charge on any atom is 0.231 e. The van der Waals surface area contributed by atoms with Crippen molar-refractivity contribution < 1.29 is 13.9 Å². The number of rotatable bonds is 3. The number of fused-ring (bicyclic) bond motifs is 2. The molecule has 3 aromatic carbocycles. The molecule has 0 unspecified atom stereocenters. The first kappa shape index (κ1) is 18.4. The Labute approximate surface area is 183 Å². The fourth-order valence-electron chi connectivity index (χ4n) is 3.07. The quantitative estimate of drug-likeness (QED) is 0.282. The van der Waals surface area contributed by atoms with Crippen molar-refractivity contribution in [3.63, 3.8) is 0 Å². The summed E-state index contributed by atoms with van der Waals surface area (Å²) >= 11 is 7.12. The van der Waals surface area contributed by atoms with Crippen molar-refractivity contribution >= 4 is 54.9 Å². The molecule has 1 aliphatic heterocycles. The Hall–Kier alpha value is -2.64. The first-order chi connectivity index (χ1) is 14.1. The largest absolute Gasteiger partial charge is 0.454 e. The van der Waals surface area contributed by atoms with Crippen LogP contribution in [0.3, 0.4) is 0 Å². The summed E-state index contributed by atoms with van der Waals surface area (Å²) in [4.78, 5) is 9.24. The lowest BCUT2D eigenvalue weighted by atomic mass is 10.2. The van der Waals surface area contributed by atoms with Gasteiger partial charge in [-0.2, -0.15) is 0 Å². The van der Waals surface area contributed by atoms with Crippen LogP contribution in [0.15, 0.2) is 66.9 Å². The number of aliphatic imine (C=N–C) groups is 1. The fourth-order valence-corrected chi connectivity index (χ4v) is 3.84. The van der Waals surface area contributed by atoms with Crippen molar-refractivity contribution in [1.82, 2.24) is 4.98 Å². The van der Waals surface area contributed by atoms with E-state index in [4.69, 9.17) is 13.9 Å². The van der Waals surface area contributed by atoms with Gasteiger partial charge in [-0.3, -0.25) is 4.99 Å². The monoisotopic (exact) mass is 512 g/mol. The third-order valence-corrected chi connectivity index (χ3v) is 5.93. The van der Waals surface area contributed by atoms with Gasteiger partial charge >= 0.3 is 0 Å². The van der Waals surface area contributed by atoms with Crippen LogP contribution in [-0.4, -0.2) is 18.0 Å². The molecule has 5 nitrogen and oxygen atoms in total. The number of ether oxygens (including phenoxy) is 2. The van der Waals surface area contributed by atoms with E-state index in [0.29, 0.717) is 11.6 Å². The van der Waals surface area contributed by atoms with E-state index in [9.17, 15) is 0 Å². The normalized spacial score (nSPS) is 12.9. The van der Waals surface area contributed by atoms with Crippen LogP contribution in [0.2, 0.25) is 0 Å². The Morgan fingerprint density at radius 3 is 2.66 bits per heavy atom. The molecule has 2 heterocycles. The van der Waals surface area contributed by atoms with E-state index >= 15 is 0 Å². The highest BCUT2D eigenvalue weighted by molar-refractivity contribution is 9.11. The second kappa shape index (κ2) is 7.31. The fraction of sp³-hybridized carbons (Fsp3) is 0.0909. The zero-order valence-electron chi connectivity index (χ0n) is 15.3. The lowest BCUT2D eigenvalue weighted by Gasteiger charge is -2.03. The number of hydrogen-bond donors (Lipinski definition) is 0. The van der Waals surface area contributed by atoms with Crippen molar-refractivity contribution in [2.24, 2.45) is 4.99 Å². The van der Waals surface area contributed by atoms with Gasteiger partial charge in [0.1, 0.15) is 5.52 Å². The molecular formula is C22H14Br2N2O3. The summed E-state index contributed by atoms with van der Waals surface area (Å²) in [5.41, 5.74) is 5.27.